The van der Waals surface area contributed by atoms with Gasteiger partial charge in [0.25, 0.3) is 0 Å². The lowest BCUT2D eigenvalue weighted by Crippen LogP contribution is -2.09. The number of nitrogens with zero attached hydrogens (tertiary/aromatic N) is 1. The molecule has 2 aromatic rings. The minimum absolute atomic E-state index is 0.283. The van der Waals surface area contributed by atoms with E-state index in [0.29, 0.717) is 18.1 Å². The normalized spacial score (nSPS) is 10.1. The molecule has 94 valence electrons. The van der Waals surface area contributed by atoms with Crippen LogP contribution < -0.4 is 5.32 Å². The molecule has 5 nitrogen and oxygen atoms in total. The monoisotopic (exact) mass is 249 g/mol. The van der Waals surface area contributed by atoms with Gasteiger partial charge in [0.2, 0.25) is 0 Å². The highest BCUT2D eigenvalue weighted by molar-refractivity contribution is 5.95. The molecule has 0 saturated carbocycles. The van der Waals surface area contributed by atoms with E-state index < -0.39 is 11.8 Å². The van der Waals surface area contributed by atoms with Gasteiger partial charge in [0.05, 0.1) is 24.9 Å². The number of hydrogen-bond acceptors (Lipinski definition) is 4. The Morgan fingerprint density at radius 1 is 1.56 bits per heavy atom. The highest BCUT2D eigenvalue weighted by Gasteiger charge is 2.12. The van der Waals surface area contributed by atoms with Gasteiger partial charge >= 0.3 is 5.97 Å². The van der Waals surface area contributed by atoms with Crippen molar-refractivity contribution in [2.75, 3.05) is 12.4 Å². The van der Waals surface area contributed by atoms with Gasteiger partial charge in [-0.3, -0.25) is 0 Å². The van der Waals surface area contributed by atoms with Crippen LogP contribution in [0.5, 0.6) is 0 Å². The number of anilines is 1. The quantitative estimate of drug-likeness (QED) is 0.813. The fraction of sp³-hybridized carbons (Fsp3) is 0.167. The molecule has 0 bridgehead atoms. The molecule has 0 aliphatic carbocycles. The van der Waals surface area contributed by atoms with E-state index in [9.17, 15) is 9.18 Å². The Morgan fingerprint density at radius 3 is 3.06 bits per heavy atom. The number of methoxy groups -OCH3 is 1. The van der Waals surface area contributed by atoms with Gasteiger partial charge in [0.1, 0.15) is 11.6 Å². The van der Waals surface area contributed by atoms with Crippen molar-refractivity contribution in [2.45, 2.75) is 6.54 Å². The molecule has 0 radical (unpaired) electrons. The van der Waals surface area contributed by atoms with Gasteiger partial charge in [-0.25, -0.2) is 14.2 Å². The summed E-state index contributed by atoms with van der Waals surface area (Å²) in [6, 6.07) is 3.84. The van der Waals surface area contributed by atoms with Crippen molar-refractivity contribution in [3.05, 3.63) is 47.8 Å². The van der Waals surface area contributed by atoms with E-state index in [-0.39, 0.29) is 5.56 Å². The van der Waals surface area contributed by atoms with Crippen LogP contribution in [0.25, 0.3) is 0 Å². The largest absolute Gasteiger partial charge is 0.465 e. The van der Waals surface area contributed by atoms with Crippen LogP contribution in [0.15, 0.2) is 30.6 Å². The van der Waals surface area contributed by atoms with E-state index in [0.717, 1.165) is 0 Å². The van der Waals surface area contributed by atoms with Crippen LogP contribution in [0.4, 0.5) is 10.1 Å². The number of rotatable bonds is 4. The standard InChI is InChI=1S/C12H12FN3O2/c1-18-12(17)9-3-2-8(13)6-10(9)16-7-11-14-4-5-15-11/h2-6,16H,7H2,1H3,(H,14,15). The predicted molar refractivity (Wildman–Crippen MR) is 63.7 cm³/mol. The number of aromatic nitrogens is 2. The number of carbonyl (C=O) groups excluding carboxylic acids is 1. The van der Waals surface area contributed by atoms with Crippen LogP contribution in [0.1, 0.15) is 16.2 Å². The molecule has 0 unspecified atom stereocenters. The topological polar surface area (TPSA) is 67.0 Å². The highest BCUT2D eigenvalue weighted by Crippen LogP contribution is 2.18. The third-order valence-electron chi connectivity index (χ3n) is 2.39. The summed E-state index contributed by atoms with van der Waals surface area (Å²) in [5.41, 5.74) is 0.656. The van der Waals surface area contributed by atoms with E-state index in [2.05, 4.69) is 20.0 Å². The first-order valence-electron chi connectivity index (χ1n) is 5.30. The van der Waals surface area contributed by atoms with Gasteiger partial charge in [0, 0.05) is 12.4 Å². The van der Waals surface area contributed by atoms with Gasteiger partial charge in [0.15, 0.2) is 0 Å². The Morgan fingerprint density at radius 2 is 2.39 bits per heavy atom. The zero-order valence-electron chi connectivity index (χ0n) is 9.74. The maximum Gasteiger partial charge on any atom is 0.339 e. The Hall–Kier alpha value is -2.37. The van der Waals surface area contributed by atoms with Gasteiger partial charge in [-0.05, 0) is 18.2 Å². The average Bonchev–Trinajstić information content (AvgIpc) is 2.88. The minimum atomic E-state index is -0.517. The molecule has 1 aromatic heterocycles. The first kappa shape index (κ1) is 12.1. The number of halogens is 1. The van der Waals surface area contributed by atoms with Crippen molar-refractivity contribution in [3.8, 4) is 0 Å². The Balaban J connectivity index is 2.19. The molecule has 0 saturated heterocycles. The van der Waals surface area contributed by atoms with E-state index in [1.165, 1.54) is 25.3 Å². The first-order valence-corrected chi connectivity index (χ1v) is 5.30. The lowest BCUT2D eigenvalue weighted by Gasteiger charge is -2.09. The third kappa shape index (κ3) is 2.65. The molecule has 0 amide bonds. The molecule has 0 atom stereocenters. The zero-order chi connectivity index (χ0) is 13.0. The van der Waals surface area contributed by atoms with Crippen molar-refractivity contribution in [2.24, 2.45) is 0 Å². The SMILES string of the molecule is COC(=O)c1ccc(F)cc1NCc1ncc[nH]1. The number of hydrogen-bond donors (Lipinski definition) is 2. The van der Waals surface area contributed by atoms with E-state index >= 15 is 0 Å². The summed E-state index contributed by atoms with van der Waals surface area (Å²) in [6.07, 6.45) is 3.30. The highest BCUT2D eigenvalue weighted by atomic mass is 19.1. The van der Waals surface area contributed by atoms with Gasteiger partial charge < -0.3 is 15.0 Å². The number of nitrogens with one attached hydrogen (secondary N) is 2. The fourth-order valence-electron chi connectivity index (χ4n) is 1.52. The molecule has 0 fully saturated rings. The summed E-state index contributed by atoms with van der Waals surface area (Å²) in [5.74, 6) is -0.253. The summed E-state index contributed by atoms with van der Waals surface area (Å²) in [6.45, 7) is 0.362. The summed E-state index contributed by atoms with van der Waals surface area (Å²) in [5, 5.41) is 2.94. The second-order valence-electron chi connectivity index (χ2n) is 3.57. The molecule has 1 heterocycles. The van der Waals surface area contributed by atoms with Crippen molar-refractivity contribution in [3.63, 3.8) is 0 Å². The van der Waals surface area contributed by atoms with Crippen molar-refractivity contribution < 1.29 is 13.9 Å². The Bertz CT molecular complexity index is 540. The maximum atomic E-state index is 13.2. The van der Waals surface area contributed by atoms with Crippen molar-refractivity contribution in [1.29, 1.82) is 0 Å². The molecule has 2 N–H and O–H groups in total. The fourth-order valence-corrected chi connectivity index (χ4v) is 1.52. The number of benzene rings is 1. The molecule has 6 heteroatoms. The lowest BCUT2D eigenvalue weighted by atomic mass is 10.1. The van der Waals surface area contributed by atoms with Crippen molar-refractivity contribution in [1.82, 2.24) is 9.97 Å². The molecule has 18 heavy (non-hydrogen) atoms. The van der Waals surface area contributed by atoms with Gasteiger partial charge in [-0.1, -0.05) is 0 Å². The molecule has 0 aliphatic heterocycles. The second kappa shape index (κ2) is 5.31. The molecule has 0 spiro atoms. The van der Waals surface area contributed by atoms with E-state index in [1.807, 2.05) is 0 Å². The Kier molecular flexibility index (Phi) is 3.57. The number of esters is 1. The molecule has 2 rings (SSSR count). The van der Waals surface area contributed by atoms with Crippen LogP contribution in [0.3, 0.4) is 0 Å². The maximum absolute atomic E-state index is 13.2. The van der Waals surface area contributed by atoms with E-state index in [4.69, 9.17) is 0 Å². The van der Waals surface area contributed by atoms with Crippen LogP contribution in [0, 0.1) is 5.82 Å². The van der Waals surface area contributed by atoms with Gasteiger partial charge in [-0.2, -0.15) is 0 Å². The number of H-pyrrole nitrogens is 1. The minimum Gasteiger partial charge on any atom is -0.465 e. The number of carbonyl (C=O) groups is 1. The number of aromatic amines is 1. The average molecular weight is 249 g/mol. The summed E-state index contributed by atoms with van der Waals surface area (Å²) in [7, 11) is 1.28. The second-order valence-corrected chi connectivity index (χ2v) is 3.57. The summed E-state index contributed by atoms with van der Waals surface area (Å²) >= 11 is 0. The van der Waals surface area contributed by atoms with Crippen LogP contribution in [-0.2, 0) is 11.3 Å². The zero-order valence-corrected chi connectivity index (χ0v) is 9.74. The summed E-state index contributed by atoms with van der Waals surface area (Å²) < 4.78 is 17.8. The van der Waals surface area contributed by atoms with Gasteiger partial charge in [-0.15, -0.1) is 0 Å². The predicted octanol–water partition coefficient (Wildman–Crippen LogP) is 1.95. The smallest absolute Gasteiger partial charge is 0.339 e. The molecular weight excluding hydrogens is 237 g/mol. The van der Waals surface area contributed by atoms with E-state index in [1.54, 1.807) is 12.4 Å². The summed E-state index contributed by atoms with van der Waals surface area (Å²) in [4.78, 5) is 18.4. The van der Waals surface area contributed by atoms with Crippen LogP contribution in [-0.4, -0.2) is 23.0 Å². The van der Waals surface area contributed by atoms with Crippen LogP contribution >= 0.6 is 0 Å². The lowest BCUT2D eigenvalue weighted by molar-refractivity contribution is 0.0602. The number of ether oxygens (including phenoxy) is 1. The van der Waals surface area contributed by atoms with Crippen LogP contribution in [0.2, 0.25) is 0 Å². The number of imidazole rings is 1. The molecule has 1 aromatic carbocycles. The Labute approximate surface area is 103 Å². The third-order valence-corrected chi connectivity index (χ3v) is 2.39. The first-order chi connectivity index (χ1) is 8.70. The molecule has 0 aliphatic rings. The van der Waals surface area contributed by atoms with Crippen molar-refractivity contribution >= 4 is 11.7 Å². The molecular formula is C12H12FN3O2.